The van der Waals surface area contributed by atoms with Gasteiger partial charge in [0.25, 0.3) is 0 Å². The van der Waals surface area contributed by atoms with E-state index < -0.39 is 0 Å². The lowest BCUT2D eigenvalue weighted by atomic mass is 10.1. The van der Waals surface area contributed by atoms with Crippen LogP contribution in [0.5, 0.6) is 0 Å². The Labute approximate surface area is 165 Å². The molecule has 2 aliphatic rings. The summed E-state index contributed by atoms with van der Waals surface area (Å²) in [6.07, 6.45) is 1.05. The number of amides is 2. The number of piperidine rings is 1. The number of hydrogen-bond acceptors (Lipinski definition) is 4. The van der Waals surface area contributed by atoms with Crippen LogP contribution in [0.4, 0.5) is 4.79 Å². The van der Waals surface area contributed by atoms with Crippen LogP contribution in [-0.2, 0) is 0 Å². The van der Waals surface area contributed by atoms with Gasteiger partial charge in [-0.15, -0.1) is 11.3 Å². The molecule has 7 heteroatoms. The standard InChI is InChI=1S/C19H22BrN3O2S/c1-11-16(26-17(21-11)14-5-3-4-6-15(14)20)12(2)22-18(25)23-8-13-7-19(13,9-23)10-24/h3-6,12-13,24H,7-10H2,1-2H3,(H,22,25). The maximum absolute atomic E-state index is 12.6. The summed E-state index contributed by atoms with van der Waals surface area (Å²) in [7, 11) is 0. The number of fused-ring (bicyclic) bond motifs is 1. The Morgan fingerprint density at radius 1 is 1.54 bits per heavy atom. The highest BCUT2D eigenvalue weighted by Gasteiger charge is 2.60. The number of thiazole rings is 1. The van der Waals surface area contributed by atoms with Gasteiger partial charge in [0.2, 0.25) is 0 Å². The molecule has 5 nitrogen and oxygen atoms in total. The highest BCUT2D eigenvalue weighted by Crippen LogP contribution is 2.57. The fourth-order valence-electron chi connectivity index (χ4n) is 3.89. The van der Waals surface area contributed by atoms with Crippen LogP contribution in [0.3, 0.4) is 0 Å². The average Bonchev–Trinajstić information content (AvgIpc) is 2.97. The van der Waals surface area contributed by atoms with E-state index in [1.807, 2.05) is 43.0 Å². The molecule has 138 valence electrons. The molecule has 2 amide bonds. The van der Waals surface area contributed by atoms with Gasteiger partial charge in [0.05, 0.1) is 23.2 Å². The van der Waals surface area contributed by atoms with Crippen LogP contribution in [0.15, 0.2) is 28.7 Å². The van der Waals surface area contributed by atoms with Crippen LogP contribution in [0.2, 0.25) is 0 Å². The molecule has 0 radical (unpaired) electrons. The molecule has 2 heterocycles. The number of aryl methyl sites for hydroxylation is 1. The number of carbonyl (C=O) groups is 1. The number of rotatable bonds is 4. The van der Waals surface area contributed by atoms with Crippen molar-refractivity contribution in [2.24, 2.45) is 11.3 Å². The minimum Gasteiger partial charge on any atom is -0.396 e. The Morgan fingerprint density at radius 2 is 2.31 bits per heavy atom. The lowest BCUT2D eigenvalue weighted by Gasteiger charge is -2.23. The number of halogens is 1. The molecule has 2 N–H and O–H groups in total. The Kier molecular flexibility index (Phi) is 4.57. The number of aromatic nitrogens is 1. The molecule has 3 unspecified atom stereocenters. The van der Waals surface area contributed by atoms with Crippen molar-refractivity contribution in [3.63, 3.8) is 0 Å². The van der Waals surface area contributed by atoms with Crippen molar-refractivity contribution < 1.29 is 9.90 Å². The highest BCUT2D eigenvalue weighted by molar-refractivity contribution is 9.10. The fraction of sp³-hybridized carbons (Fsp3) is 0.474. The van der Waals surface area contributed by atoms with E-state index in [4.69, 9.17) is 4.98 Å². The molecule has 0 bridgehead atoms. The fourth-order valence-corrected chi connectivity index (χ4v) is 5.61. The smallest absolute Gasteiger partial charge is 0.317 e. The minimum atomic E-state index is -0.0989. The van der Waals surface area contributed by atoms with Crippen molar-refractivity contribution in [1.29, 1.82) is 0 Å². The third-order valence-electron chi connectivity index (χ3n) is 5.58. The predicted molar refractivity (Wildman–Crippen MR) is 106 cm³/mol. The number of likely N-dealkylation sites (tertiary alicyclic amines) is 1. The first-order valence-electron chi connectivity index (χ1n) is 8.82. The van der Waals surface area contributed by atoms with Gasteiger partial charge in [-0.25, -0.2) is 9.78 Å². The first kappa shape index (κ1) is 17.9. The first-order valence-corrected chi connectivity index (χ1v) is 10.4. The van der Waals surface area contributed by atoms with Gasteiger partial charge in [0.15, 0.2) is 0 Å². The van der Waals surface area contributed by atoms with E-state index in [2.05, 4.69) is 21.2 Å². The van der Waals surface area contributed by atoms with Gasteiger partial charge in [-0.1, -0.05) is 34.1 Å². The molecule has 1 saturated heterocycles. The average molecular weight is 436 g/mol. The van der Waals surface area contributed by atoms with Crippen molar-refractivity contribution in [1.82, 2.24) is 15.2 Å². The number of nitrogens with one attached hydrogen (secondary N) is 1. The zero-order chi connectivity index (χ0) is 18.5. The lowest BCUT2D eigenvalue weighted by molar-refractivity contribution is 0.176. The maximum Gasteiger partial charge on any atom is 0.317 e. The SMILES string of the molecule is Cc1nc(-c2ccccc2Br)sc1C(C)NC(=O)N1CC2CC2(CO)C1. The quantitative estimate of drug-likeness (QED) is 0.763. The minimum absolute atomic E-state index is 0.0201. The number of aliphatic hydroxyl groups excluding tert-OH is 1. The van der Waals surface area contributed by atoms with E-state index in [-0.39, 0.29) is 24.1 Å². The van der Waals surface area contributed by atoms with E-state index in [1.165, 1.54) is 0 Å². The summed E-state index contributed by atoms with van der Waals surface area (Å²) in [5.74, 6) is 0.473. The van der Waals surface area contributed by atoms with E-state index in [9.17, 15) is 9.90 Å². The van der Waals surface area contributed by atoms with Gasteiger partial charge in [0.1, 0.15) is 5.01 Å². The summed E-state index contributed by atoms with van der Waals surface area (Å²) in [6.45, 7) is 5.58. The Hall–Kier alpha value is -1.44. The third kappa shape index (κ3) is 3.06. The molecule has 1 saturated carbocycles. The van der Waals surface area contributed by atoms with Gasteiger partial charge >= 0.3 is 6.03 Å². The summed E-state index contributed by atoms with van der Waals surface area (Å²) in [5, 5.41) is 13.6. The number of benzene rings is 1. The molecular formula is C19H22BrN3O2S. The molecule has 1 aliphatic heterocycles. The van der Waals surface area contributed by atoms with Crippen molar-refractivity contribution >= 4 is 33.3 Å². The van der Waals surface area contributed by atoms with Crippen LogP contribution < -0.4 is 5.32 Å². The van der Waals surface area contributed by atoms with E-state index in [0.717, 1.165) is 38.6 Å². The zero-order valence-corrected chi connectivity index (χ0v) is 17.2. The summed E-state index contributed by atoms with van der Waals surface area (Å²) in [5.41, 5.74) is 1.99. The molecule has 1 aliphatic carbocycles. The molecule has 4 rings (SSSR count). The zero-order valence-electron chi connectivity index (χ0n) is 14.8. The molecule has 1 aromatic carbocycles. The van der Waals surface area contributed by atoms with E-state index in [1.54, 1.807) is 11.3 Å². The molecular weight excluding hydrogens is 414 g/mol. The van der Waals surface area contributed by atoms with Gasteiger partial charge in [-0.2, -0.15) is 0 Å². The van der Waals surface area contributed by atoms with Crippen molar-refractivity contribution in [3.8, 4) is 10.6 Å². The first-order chi connectivity index (χ1) is 12.4. The Balaban J connectivity index is 1.46. The summed E-state index contributed by atoms with van der Waals surface area (Å²) >= 11 is 5.20. The largest absolute Gasteiger partial charge is 0.396 e. The molecule has 2 aromatic rings. The number of aliphatic hydroxyl groups is 1. The van der Waals surface area contributed by atoms with E-state index in [0.29, 0.717) is 12.5 Å². The van der Waals surface area contributed by atoms with E-state index >= 15 is 0 Å². The van der Waals surface area contributed by atoms with Gasteiger partial charge in [0, 0.05) is 28.5 Å². The third-order valence-corrected chi connectivity index (χ3v) is 7.64. The summed E-state index contributed by atoms with van der Waals surface area (Å²) in [4.78, 5) is 20.2. The topological polar surface area (TPSA) is 65.5 Å². The molecule has 1 aromatic heterocycles. The number of hydrogen-bond donors (Lipinski definition) is 2. The summed E-state index contributed by atoms with van der Waals surface area (Å²) in [6, 6.07) is 7.88. The second-order valence-electron chi connectivity index (χ2n) is 7.42. The molecule has 26 heavy (non-hydrogen) atoms. The van der Waals surface area contributed by atoms with Crippen LogP contribution in [0.25, 0.3) is 10.6 Å². The number of urea groups is 1. The second kappa shape index (κ2) is 6.62. The predicted octanol–water partition coefficient (Wildman–Crippen LogP) is 3.97. The van der Waals surface area contributed by atoms with Crippen LogP contribution >= 0.6 is 27.3 Å². The maximum atomic E-state index is 12.6. The van der Waals surface area contributed by atoms with Crippen LogP contribution in [0.1, 0.15) is 30.0 Å². The number of carbonyl (C=O) groups excluding carboxylic acids is 1. The molecule has 3 atom stereocenters. The van der Waals surface area contributed by atoms with Crippen LogP contribution in [-0.4, -0.2) is 40.7 Å². The Bertz CT molecular complexity index is 851. The van der Waals surface area contributed by atoms with Gasteiger partial charge in [-0.05, 0) is 32.3 Å². The molecule has 0 spiro atoms. The number of nitrogens with zero attached hydrogens (tertiary/aromatic N) is 2. The van der Waals surface area contributed by atoms with Crippen molar-refractivity contribution in [2.45, 2.75) is 26.3 Å². The van der Waals surface area contributed by atoms with Crippen molar-refractivity contribution in [2.75, 3.05) is 19.7 Å². The second-order valence-corrected chi connectivity index (χ2v) is 9.31. The Morgan fingerprint density at radius 3 is 3.00 bits per heavy atom. The van der Waals surface area contributed by atoms with Gasteiger partial charge < -0.3 is 15.3 Å². The lowest BCUT2D eigenvalue weighted by Crippen LogP contribution is -2.41. The monoisotopic (exact) mass is 435 g/mol. The molecule has 2 fully saturated rings. The van der Waals surface area contributed by atoms with Crippen molar-refractivity contribution in [3.05, 3.63) is 39.3 Å². The van der Waals surface area contributed by atoms with Gasteiger partial charge in [-0.3, -0.25) is 0 Å². The summed E-state index contributed by atoms with van der Waals surface area (Å²) < 4.78 is 1.02. The highest BCUT2D eigenvalue weighted by atomic mass is 79.9. The van der Waals surface area contributed by atoms with Crippen LogP contribution in [0, 0.1) is 18.3 Å². The normalized spacial score (nSPS) is 25.1.